The van der Waals surface area contributed by atoms with Crippen molar-refractivity contribution in [2.45, 2.75) is 0 Å². The second kappa shape index (κ2) is 4.42. The van der Waals surface area contributed by atoms with Crippen LogP contribution in [0.4, 0.5) is 0 Å². The van der Waals surface area contributed by atoms with Gasteiger partial charge in [-0.1, -0.05) is 46.0 Å². The first-order valence-corrected chi connectivity index (χ1v) is 5.75. The Kier molecular flexibility index (Phi) is 2.97. The molecule has 0 atom stereocenters. The number of aromatic nitrogens is 1. The summed E-state index contributed by atoms with van der Waals surface area (Å²) in [6, 6.07) is 7.41. The highest BCUT2D eigenvalue weighted by Gasteiger charge is 2.14. The van der Waals surface area contributed by atoms with E-state index in [0.29, 0.717) is 10.9 Å². The van der Waals surface area contributed by atoms with Crippen molar-refractivity contribution in [3.8, 4) is 11.8 Å². The molecule has 2 rings (SSSR count). The van der Waals surface area contributed by atoms with Crippen molar-refractivity contribution in [3.05, 3.63) is 35.5 Å². The Labute approximate surface area is 101 Å². The molecule has 16 heavy (non-hydrogen) atoms. The molecule has 3 nitrogen and oxygen atoms in total. The minimum atomic E-state index is -0.991. The molecule has 0 aliphatic heterocycles. The van der Waals surface area contributed by atoms with Gasteiger partial charge >= 0.3 is 5.97 Å². The van der Waals surface area contributed by atoms with Crippen molar-refractivity contribution in [2.75, 3.05) is 5.33 Å². The fraction of sp³-hybridized carbons (Fsp3) is 0.0833. The predicted molar refractivity (Wildman–Crippen MR) is 65.9 cm³/mol. The smallest absolute Gasteiger partial charge is 0.353 e. The minimum absolute atomic E-state index is 0.148. The van der Waals surface area contributed by atoms with Crippen LogP contribution in [0, 0.1) is 11.8 Å². The van der Waals surface area contributed by atoms with E-state index in [1.165, 1.54) is 0 Å². The van der Waals surface area contributed by atoms with Crippen molar-refractivity contribution < 1.29 is 9.90 Å². The number of aromatic amines is 1. The standard InChI is InChI=1S/C12H8BrNO2/c13-7-3-5-9-8-4-1-2-6-10(8)14-11(9)12(15)16/h1-2,4,6,14H,7H2,(H,15,16). The second-order valence-corrected chi connectivity index (χ2v) is 3.72. The monoisotopic (exact) mass is 277 g/mol. The van der Waals surface area contributed by atoms with E-state index < -0.39 is 5.97 Å². The number of nitrogens with one attached hydrogen (secondary N) is 1. The quantitative estimate of drug-likeness (QED) is 0.622. The third-order valence-corrected chi connectivity index (χ3v) is 2.48. The van der Waals surface area contributed by atoms with Gasteiger partial charge in [0.25, 0.3) is 0 Å². The lowest BCUT2D eigenvalue weighted by Gasteiger charge is -1.90. The van der Waals surface area contributed by atoms with Crippen molar-refractivity contribution in [3.63, 3.8) is 0 Å². The number of benzene rings is 1. The number of carbonyl (C=O) groups is 1. The van der Waals surface area contributed by atoms with Gasteiger partial charge in [0.2, 0.25) is 0 Å². The van der Waals surface area contributed by atoms with Gasteiger partial charge in [-0.15, -0.1) is 0 Å². The summed E-state index contributed by atoms with van der Waals surface area (Å²) in [5, 5.41) is 10.4. The fourth-order valence-corrected chi connectivity index (χ4v) is 1.69. The van der Waals surface area contributed by atoms with E-state index in [1.54, 1.807) is 0 Å². The summed E-state index contributed by atoms with van der Waals surface area (Å²) >= 11 is 3.19. The lowest BCUT2D eigenvalue weighted by Crippen LogP contribution is -1.98. The van der Waals surface area contributed by atoms with Crippen LogP contribution in [-0.2, 0) is 0 Å². The maximum Gasteiger partial charge on any atom is 0.353 e. The zero-order valence-corrected chi connectivity index (χ0v) is 9.84. The average Bonchev–Trinajstić information content (AvgIpc) is 2.65. The Morgan fingerprint density at radius 3 is 2.88 bits per heavy atom. The Morgan fingerprint density at radius 1 is 1.44 bits per heavy atom. The molecule has 2 aromatic rings. The van der Waals surface area contributed by atoms with Crippen LogP contribution in [0.5, 0.6) is 0 Å². The number of hydrogen-bond donors (Lipinski definition) is 2. The molecular weight excluding hydrogens is 270 g/mol. The number of hydrogen-bond acceptors (Lipinski definition) is 1. The molecule has 0 radical (unpaired) electrons. The molecule has 0 fully saturated rings. The Hall–Kier alpha value is -1.73. The summed E-state index contributed by atoms with van der Waals surface area (Å²) in [7, 11) is 0. The predicted octanol–water partition coefficient (Wildman–Crippen LogP) is 2.61. The Balaban J connectivity index is 2.74. The van der Waals surface area contributed by atoms with E-state index in [-0.39, 0.29) is 5.69 Å². The highest BCUT2D eigenvalue weighted by molar-refractivity contribution is 9.09. The van der Waals surface area contributed by atoms with Crippen LogP contribution in [-0.4, -0.2) is 21.4 Å². The largest absolute Gasteiger partial charge is 0.477 e. The van der Waals surface area contributed by atoms with Crippen molar-refractivity contribution in [2.24, 2.45) is 0 Å². The fourth-order valence-electron chi connectivity index (χ4n) is 1.55. The summed E-state index contributed by atoms with van der Waals surface area (Å²) in [6.07, 6.45) is 0. The SMILES string of the molecule is O=C(O)c1[nH]c2ccccc2c1C#CCBr. The van der Waals surface area contributed by atoms with Crippen molar-refractivity contribution in [1.82, 2.24) is 4.98 Å². The zero-order chi connectivity index (χ0) is 11.5. The highest BCUT2D eigenvalue weighted by Crippen LogP contribution is 2.21. The highest BCUT2D eigenvalue weighted by atomic mass is 79.9. The molecule has 1 heterocycles. The number of fused-ring (bicyclic) bond motifs is 1. The van der Waals surface area contributed by atoms with Gasteiger partial charge in [-0.3, -0.25) is 0 Å². The number of aromatic carboxylic acids is 1. The van der Waals surface area contributed by atoms with E-state index in [0.717, 1.165) is 10.9 Å². The number of para-hydroxylation sites is 1. The first-order valence-electron chi connectivity index (χ1n) is 4.63. The maximum absolute atomic E-state index is 11.0. The van der Waals surface area contributed by atoms with Gasteiger partial charge in [-0.25, -0.2) is 4.79 Å². The van der Waals surface area contributed by atoms with Gasteiger partial charge in [0.05, 0.1) is 10.9 Å². The number of H-pyrrole nitrogens is 1. The van der Waals surface area contributed by atoms with Gasteiger partial charge in [0, 0.05) is 10.9 Å². The van der Waals surface area contributed by atoms with Crippen LogP contribution < -0.4 is 0 Å². The van der Waals surface area contributed by atoms with Crippen molar-refractivity contribution >= 4 is 32.8 Å². The van der Waals surface area contributed by atoms with E-state index in [2.05, 4.69) is 32.8 Å². The Morgan fingerprint density at radius 2 is 2.19 bits per heavy atom. The molecular formula is C12H8BrNO2. The summed E-state index contributed by atoms with van der Waals surface area (Å²) in [4.78, 5) is 13.9. The lowest BCUT2D eigenvalue weighted by atomic mass is 10.1. The van der Waals surface area contributed by atoms with Crippen LogP contribution in [0.2, 0.25) is 0 Å². The summed E-state index contributed by atoms with van der Waals surface area (Å²) < 4.78 is 0. The molecule has 4 heteroatoms. The van der Waals surface area contributed by atoms with Gasteiger partial charge < -0.3 is 10.1 Å². The first kappa shape index (κ1) is 10.8. The van der Waals surface area contributed by atoms with Crippen LogP contribution in [0.3, 0.4) is 0 Å². The first-order chi connectivity index (χ1) is 7.74. The molecule has 1 aromatic carbocycles. The normalized spacial score (nSPS) is 9.81. The molecule has 0 saturated carbocycles. The van der Waals surface area contributed by atoms with E-state index in [9.17, 15) is 4.79 Å². The lowest BCUT2D eigenvalue weighted by molar-refractivity contribution is 0.0691. The van der Waals surface area contributed by atoms with E-state index in [4.69, 9.17) is 5.11 Å². The molecule has 0 bridgehead atoms. The van der Waals surface area contributed by atoms with Crippen LogP contribution in [0.15, 0.2) is 24.3 Å². The molecule has 2 N–H and O–H groups in total. The third kappa shape index (κ3) is 1.82. The molecule has 1 aromatic heterocycles. The number of rotatable bonds is 1. The van der Waals surface area contributed by atoms with Gasteiger partial charge in [-0.05, 0) is 6.07 Å². The van der Waals surface area contributed by atoms with Crippen LogP contribution in [0.1, 0.15) is 16.1 Å². The second-order valence-electron chi connectivity index (χ2n) is 3.16. The number of carboxylic acids is 1. The number of alkyl halides is 1. The maximum atomic E-state index is 11.0. The molecule has 0 aliphatic rings. The topological polar surface area (TPSA) is 53.1 Å². The zero-order valence-electron chi connectivity index (χ0n) is 8.25. The van der Waals surface area contributed by atoms with E-state index in [1.807, 2.05) is 24.3 Å². The molecule has 0 amide bonds. The molecule has 0 spiro atoms. The number of carboxylic acid groups (broad SMARTS) is 1. The molecule has 80 valence electrons. The van der Waals surface area contributed by atoms with Crippen LogP contribution in [0.25, 0.3) is 10.9 Å². The summed E-state index contributed by atoms with van der Waals surface area (Å²) in [5.74, 6) is 4.69. The van der Waals surface area contributed by atoms with Crippen molar-refractivity contribution in [1.29, 1.82) is 0 Å². The average molecular weight is 278 g/mol. The number of halogens is 1. The van der Waals surface area contributed by atoms with Crippen LogP contribution >= 0.6 is 15.9 Å². The summed E-state index contributed by atoms with van der Waals surface area (Å²) in [5.41, 5.74) is 1.48. The van der Waals surface area contributed by atoms with Gasteiger partial charge in [0.1, 0.15) is 5.69 Å². The van der Waals surface area contributed by atoms with Gasteiger partial charge in [0.15, 0.2) is 0 Å². The summed E-state index contributed by atoms with van der Waals surface area (Å²) in [6.45, 7) is 0. The molecule has 0 saturated heterocycles. The van der Waals surface area contributed by atoms with Gasteiger partial charge in [-0.2, -0.15) is 0 Å². The molecule has 0 unspecified atom stereocenters. The Bertz CT molecular complexity index is 604. The minimum Gasteiger partial charge on any atom is -0.477 e. The van der Waals surface area contributed by atoms with E-state index >= 15 is 0 Å². The molecule has 0 aliphatic carbocycles. The third-order valence-electron chi connectivity index (χ3n) is 2.20.